The van der Waals surface area contributed by atoms with Gasteiger partial charge in [0, 0.05) is 41.8 Å². The summed E-state index contributed by atoms with van der Waals surface area (Å²) in [6.07, 6.45) is 6.02. The molecule has 0 saturated heterocycles. The summed E-state index contributed by atoms with van der Waals surface area (Å²) >= 11 is 13.8. The van der Waals surface area contributed by atoms with Gasteiger partial charge in [0.15, 0.2) is 0 Å². The molecule has 0 radical (unpaired) electrons. The number of carbonyl (C=O) groups is 1. The highest BCUT2D eigenvalue weighted by atomic mass is 35.5. The summed E-state index contributed by atoms with van der Waals surface area (Å²) in [5.41, 5.74) is 2.02. The van der Waals surface area contributed by atoms with E-state index < -0.39 is 0 Å². The van der Waals surface area contributed by atoms with Crippen LogP contribution in [0.2, 0.25) is 10.0 Å². The minimum atomic E-state index is 0.0517. The maximum Gasteiger partial charge on any atom is 0.246 e. The van der Waals surface area contributed by atoms with Crippen molar-refractivity contribution in [2.24, 2.45) is 0 Å². The van der Waals surface area contributed by atoms with Gasteiger partial charge in [-0.2, -0.15) is 0 Å². The van der Waals surface area contributed by atoms with Crippen molar-refractivity contribution in [1.29, 1.82) is 0 Å². The third-order valence-corrected chi connectivity index (χ3v) is 7.90. The molecule has 1 N–H and O–H groups in total. The highest BCUT2D eigenvalue weighted by molar-refractivity contribution is 7.19. The highest BCUT2D eigenvalue weighted by Gasteiger charge is 2.25. The monoisotopic (exact) mass is 517 g/mol. The average molecular weight is 519 g/mol. The van der Waals surface area contributed by atoms with Crippen LogP contribution in [0.5, 0.6) is 0 Å². The molecule has 34 heavy (non-hydrogen) atoms. The Morgan fingerprint density at radius 3 is 2.68 bits per heavy atom. The lowest BCUT2D eigenvalue weighted by Gasteiger charge is -2.29. The lowest BCUT2D eigenvalue weighted by molar-refractivity contribution is -0.126. The van der Waals surface area contributed by atoms with Gasteiger partial charge in [0.05, 0.1) is 22.0 Å². The molecule has 2 aromatic heterocycles. The van der Waals surface area contributed by atoms with E-state index in [9.17, 15) is 4.79 Å². The van der Waals surface area contributed by atoms with Gasteiger partial charge < -0.3 is 10.2 Å². The number of amides is 1. The fourth-order valence-electron chi connectivity index (χ4n) is 4.32. The Hall–Kier alpha value is -2.19. The van der Waals surface area contributed by atoms with Gasteiger partial charge in [-0.3, -0.25) is 9.69 Å². The van der Waals surface area contributed by atoms with Crippen LogP contribution in [0.1, 0.15) is 38.1 Å². The normalized spacial score (nSPS) is 14.1. The van der Waals surface area contributed by atoms with Crippen LogP contribution in [0, 0.1) is 0 Å². The molecule has 180 valence electrons. The quantitative estimate of drug-likeness (QED) is 0.372. The van der Waals surface area contributed by atoms with Gasteiger partial charge in [-0.1, -0.05) is 29.3 Å². The van der Waals surface area contributed by atoms with E-state index in [1.54, 1.807) is 35.9 Å². The summed E-state index contributed by atoms with van der Waals surface area (Å²) in [6, 6.07) is 6.27. The molecule has 0 aliphatic carbocycles. The number of anilines is 2. The topological polar surface area (TPSA) is 61.4 Å². The van der Waals surface area contributed by atoms with Crippen LogP contribution in [-0.2, 0) is 17.8 Å². The van der Waals surface area contributed by atoms with Gasteiger partial charge in [0.2, 0.25) is 5.91 Å². The zero-order valence-corrected chi connectivity index (χ0v) is 22.1. The zero-order chi connectivity index (χ0) is 24.4. The predicted octanol–water partition coefficient (Wildman–Crippen LogP) is 6.30. The first kappa shape index (κ1) is 24.9. The SMILES string of the molecule is CC(C)N(CC=CC(=O)N1CCc2c(sc3ncnc(Nc4ccc(Cl)c(Cl)c4)c23)C1)C(C)C. The summed E-state index contributed by atoms with van der Waals surface area (Å²) in [5.74, 6) is 0.791. The number of nitrogens with zero attached hydrogens (tertiary/aromatic N) is 4. The van der Waals surface area contributed by atoms with Crippen molar-refractivity contribution < 1.29 is 4.79 Å². The van der Waals surface area contributed by atoms with Crippen LogP contribution in [0.25, 0.3) is 10.2 Å². The second kappa shape index (κ2) is 10.6. The standard InChI is InChI=1S/C25H29Cl2N5OS/c1-15(2)32(16(3)4)10-5-6-22(33)31-11-9-18-21(13-31)34-25-23(18)24(28-14-29-25)30-17-7-8-19(26)20(27)12-17/h5-8,12,14-16H,9-11,13H2,1-4H3,(H,28,29,30). The number of hydrogen-bond donors (Lipinski definition) is 1. The minimum absolute atomic E-state index is 0.0517. The number of halogens is 2. The first-order valence-corrected chi connectivity index (χ1v) is 13.0. The van der Waals surface area contributed by atoms with E-state index in [0.29, 0.717) is 35.2 Å². The molecule has 1 aliphatic rings. The summed E-state index contributed by atoms with van der Waals surface area (Å²) < 4.78 is 0. The average Bonchev–Trinajstić information content (AvgIpc) is 3.17. The van der Waals surface area contributed by atoms with Crippen molar-refractivity contribution in [1.82, 2.24) is 19.8 Å². The van der Waals surface area contributed by atoms with Gasteiger partial charge in [-0.25, -0.2) is 9.97 Å². The second-order valence-corrected chi connectivity index (χ2v) is 10.9. The molecule has 0 atom stereocenters. The molecule has 0 spiro atoms. The number of aromatic nitrogens is 2. The molecule has 0 fully saturated rings. The molecule has 0 bridgehead atoms. The van der Waals surface area contributed by atoms with Crippen molar-refractivity contribution >= 4 is 62.2 Å². The number of nitrogens with one attached hydrogen (secondary N) is 1. The Bertz CT molecular complexity index is 1220. The van der Waals surface area contributed by atoms with Crippen molar-refractivity contribution in [3.63, 3.8) is 0 Å². The van der Waals surface area contributed by atoms with Crippen LogP contribution >= 0.6 is 34.5 Å². The molecule has 0 unspecified atom stereocenters. The Balaban J connectivity index is 1.51. The second-order valence-electron chi connectivity index (χ2n) is 8.96. The van der Waals surface area contributed by atoms with Gasteiger partial charge in [0.25, 0.3) is 0 Å². The van der Waals surface area contributed by atoms with Gasteiger partial charge in [-0.15, -0.1) is 11.3 Å². The molecule has 1 aliphatic heterocycles. The summed E-state index contributed by atoms with van der Waals surface area (Å²) in [6.45, 7) is 10.7. The number of fused-ring (bicyclic) bond motifs is 3. The van der Waals surface area contributed by atoms with E-state index in [0.717, 1.165) is 39.6 Å². The van der Waals surface area contributed by atoms with Gasteiger partial charge in [0.1, 0.15) is 17.0 Å². The van der Waals surface area contributed by atoms with Crippen LogP contribution < -0.4 is 5.32 Å². The number of carbonyl (C=O) groups excluding carboxylic acids is 1. The third-order valence-electron chi connectivity index (χ3n) is 6.03. The lowest BCUT2D eigenvalue weighted by atomic mass is 10.0. The molecule has 4 rings (SSSR count). The van der Waals surface area contributed by atoms with E-state index in [-0.39, 0.29) is 5.91 Å². The third kappa shape index (κ3) is 5.38. The van der Waals surface area contributed by atoms with Crippen molar-refractivity contribution in [3.05, 3.63) is 57.2 Å². The predicted molar refractivity (Wildman–Crippen MR) is 142 cm³/mol. The van der Waals surface area contributed by atoms with Crippen LogP contribution in [-0.4, -0.2) is 50.8 Å². The van der Waals surface area contributed by atoms with E-state index >= 15 is 0 Å². The fourth-order valence-corrected chi connectivity index (χ4v) is 5.82. The first-order chi connectivity index (χ1) is 16.2. The molecule has 6 nitrogen and oxygen atoms in total. The minimum Gasteiger partial charge on any atom is -0.340 e. The van der Waals surface area contributed by atoms with E-state index in [4.69, 9.17) is 23.2 Å². The molecule has 1 aromatic carbocycles. The van der Waals surface area contributed by atoms with E-state index in [1.807, 2.05) is 17.0 Å². The maximum atomic E-state index is 12.9. The Morgan fingerprint density at radius 2 is 1.97 bits per heavy atom. The van der Waals surface area contributed by atoms with Crippen molar-refractivity contribution in [2.45, 2.75) is 52.7 Å². The number of hydrogen-bond acceptors (Lipinski definition) is 6. The number of rotatable bonds is 7. The summed E-state index contributed by atoms with van der Waals surface area (Å²) in [5, 5.41) is 5.36. The van der Waals surface area contributed by atoms with Crippen LogP contribution in [0.15, 0.2) is 36.7 Å². The molecule has 3 heterocycles. The van der Waals surface area contributed by atoms with Crippen molar-refractivity contribution in [3.8, 4) is 0 Å². The molecule has 0 saturated carbocycles. The molecule has 9 heteroatoms. The van der Waals surface area contributed by atoms with Gasteiger partial charge >= 0.3 is 0 Å². The molecular weight excluding hydrogens is 489 g/mol. The Morgan fingerprint density at radius 1 is 1.21 bits per heavy atom. The summed E-state index contributed by atoms with van der Waals surface area (Å²) in [4.78, 5) is 28.2. The highest BCUT2D eigenvalue weighted by Crippen LogP contribution is 2.38. The first-order valence-electron chi connectivity index (χ1n) is 11.4. The Labute approximate surface area is 214 Å². The summed E-state index contributed by atoms with van der Waals surface area (Å²) in [7, 11) is 0. The lowest BCUT2D eigenvalue weighted by Crippen LogP contribution is -2.37. The smallest absolute Gasteiger partial charge is 0.246 e. The molecular formula is C25H29Cl2N5OS. The number of benzene rings is 1. The molecule has 3 aromatic rings. The Kier molecular flexibility index (Phi) is 7.77. The van der Waals surface area contributed by atoms with Crippen LogP contribution in [0.4, 0.5) is 11.5 Å². The zero-order valence-electron chi connectivity index (χ0n) is 19.8. The van der Waals surface area contributed by atoms with Gasteiger partial charge in [-0.05, 0) is 57.9 Å². The van der Waals surface area contributed by atoms with Crippen LogP contribution in [0.3, 0.4) is 0 Å². The van der Waals surface area contributed by atoms with Crippen molar-refractivity contribution in [2.75, 3.05) is 18.4 Å². The fraction of sp³-hybridized carbons (Fsp3) is 0.400. The van der Waals surface area contributed by atoms with E-state index in [2.05, 4.69) is 47.9 Å². The molecule has 1 amide bonds. The maximum absolute atomic E-state index is 12.9. The van der Waals surface area contributed by atoms with E-state index in [1.165, 1.54) is 5.56 Å². The number of thiophene rings is 1. The largest absolute Gasteiger partial charge is 0.340 e.